The molecule has 0 radical (unpaired) electrons. The minimum Gasteiger partial charge on any atom is -0.273 e. The minimum atomic E-state index is -0.661. The number of rotatable bonds is 1. The Bertz CT molecular complexity index is 784. The highest BCUT2D eigenvalue weighted by molar-refractivity contribution is 5.49. The Balaban J connectivity index is 2.84. The second-order valence-corrected chi connectivity index (χ2v) is 4.53. The van der Waals surface area contributed by atoms with Gasteiger partial charge in [-0.2, -0.15) is 5.26 Å². The van der Waals surface area contributed by atoms with Crippen LogP contribution < -0.4 is 11.2 Å². The molecule has 0 aliphatic heterocycles. The average Bonchev–Trinajstić information content (AvgIpc) is 2.30. The third-order valence-electron chi connectivity index (χ3n) is 2.94. The van der Waals surface area contributed by atoms with Crippen molar-refractivity contribution in [2.75, 3.05) is 0 Å². The molecule has 2 rings (SSSR count). The molecule has 1 N–H and O–H groups in total. The predicted molar refractivity (Wildman–Crippen MR) is 71.6 cm³/mol. The highest BCUT2D eigenvalue weighted by Crippen LogP contribution is 2.19. The summed E-state index contributed by atoms with van der Waals surface area (Å²) in [7, 11) is 0. The van der Waals surface area contributed by atoms with Crippen molar-refractivity contribution in [3.8, 4) is 11.8 Å². The molecular weight excluding hydrogens is 242 g/mol. The lowest BCUT2D eigenvalue weighted by atomic mass is 10.0. The Morgan fingerprint density at radius 3 is 2.26 bits per heavy atom. The molecule has 0 saturated heterocycles. The summed E-state index contributed by atoms with van der Waals surface area (Å²) in [6, 6.07) is 5.68. The molecule has 0 spiro atoms. The van der Waals surface area contributed by atoms with Crippen LogP contribution in [0.3, 0.4) is 0 Å². The molecule has 0 unspecified atom stereocenters. The van der Waals surface area contributed by atoms with Crippen LogP contribution in [0.4, 0.5) is 0 Å². The number of nitrogens with zero attached hydrogens (tertiary/aromatic N) is 2. The van der Waals surface area contributed by atoms with Gasteiger partial charge in [0.2, 0.25) is 0 Å². The van der Waals surface area contributed by atoms with E-state index in [2.05, 4.69) is 4.98 Å². The summed E-state index contributed by atoms with van der Waals surface area (Å²) in [5.74, 6) is 0. The van der Waals surface area contributed by atoms with Crippen molar-refractivity contribution in [1.82, 2.24) is 9.55 Å². The lowest BCUT2D eigenvalue weighted by Crippen LogP contribution is -2.30. The first kappa shape index (κ1) is 12.8. The first-order valence-corrected chi connectivity index (χ1v) is 5.78. The smallest absolute Gasteiger partial charge is 0.273 e. The van der Waals surface area contributed by atoms with Crippen LogP contribution in [0.25, 0.3) is 5.69 Å². The van der Waals surface area contributed by atoms with Crippen LogP contribution >= 0.6 is 0 Å². The molecule has 0 fully saturated rings. The topological polar surface area (TPSA) is 78.7 Å². The number of aryl methyl sites for hydroxylation is 3. The molecule has 96 valence electrons. The first-order chi connectivity index (χ1) is 8.93. The van der Waals surface area contributed by atoms with E-state index in [-0.39, 0.29) is 5.56 Å². The standard InChI is InChI=1S/C14H13N3O2/c1-8-4-9(2)12(10(3)5-8)17-7-11(6-15)13(18)16-14(17)19/h4-5,7H,1-3H3,(H,16,18,19). The van der Waals surface area contributed by atoms with Gasteiger partial charge in [-0.05, 0) is 31.9 Å². The van der Waals surface area contributed by atoms with Gasteiger partial charge in [0.25, 0.3) is 5.56 Å². The SMILES string of the molecule is Cc1cc(C)c(-n2cc(C#N)c(=O)[nH]c2=O)c(C)c1. The van der Waals surface area contributed by atoms with Crippen LogP contribution in [-0.4, -0.2) is 9.55 Å². The van der Waals surface area contributed by atoms with E-state index < -0.39 is 11.2 Å². The third-order valence-corrected chi connectivity index (χ3v) is 2.94. The van der Waals surface area contributed by atoms with Gasteiger partial charge in [0.15, 0.2) is 0 Å². The van der Waals surface area contributed by atoms with E-state index in [9.17, 15) is 9.59 Å². The summed E-state index contributed by atoms with van der Waals surface area (Å²) in [6.07, 6.45) is 1.28. The van der Waals surface area contributed by atoms with E-state index in [0.29, 0.717) is 5.69 Å². The van der Waals surface area contributed by atoms with E-state index in [4.69, 9.17) is 5.26 Å². The molecule has 0 aliphatic carbocycles. The maximum absolute atomic E-state index is 11.9. The van der Waals surface area contributed by atoms with Crippen LogP contribution in [-0.2, 0) is 0 Å². The van der Waals surface area contributed by atoms with E-state index in [1.807, 2.05) is 32.9 Å². The van der Waals surface area contributed by atoms with Gasteiger partial charge in [0.05, 0.1) is 5.69 Å². The van der Waals surface area contributed by atoms with Crippen molar-refractivity contribution in [3.05, 3.63) is 61.4 Å². The number of aromatic nitrogens is 2. The number of H-pyrrole nitrogens is 1. The Kier molecular flexibility index (Phi) is 3.09. The summed E-state index contributed by atoms with van der Waals surface area (Å²) >= 11 is 0. The van der Waals surface area contributed by atoms with Gasteiger partial charge in [0.1, 0.15) is 11.6 Å². The zero-order chi connectivity index (χ0) is 14.2. The number of nitriles is 1. The number of hydrogen-bond donors (Lipinski definition) is 1. The van der Waals surface area contributed by atoms with E-state index in [1.165, 1.54) is 10.8 Å². The predicted octanol–water partition coefficient (Wildman–Crippen LogP) is 1.32. The molecule has 0 saturated carbocycles. The Labute approximate surface area is 109 Å². The van der Waals surface area contributed by atoms with Gasteiger partial charge >= 0.3 is 5.69 Å². The minimum absolute atomic E-state index is 0.0843. The normalized spacial score (nSPS) is 10.2. The average molecular weight is 255 g/mol. The van der Waals surface area contributed by atoms with Crippen molar-refractivity contribution in [1.29, 1.82) is 5.26 Å². The second kappa shape index (κ2) is 4.58. The fraction of sp³-hybridized carbons (Fsp3) is 0.214. The van der Waals surface area contributed by atoms with E-state index in [1.54, 1.807) is 6.07 Å². The van der Waals surface area contributed by atoms with E-state index >= 15 is 0 Å². The van der Waals surface area contributed by atoms with Crippen LogP contribution in [0, 0.1) is 32.1 Å². The largest absolute Gasteiger partial charge is 0.333 e. The zero-order valence-electron chi connectivity index (χ0n) is 10.9. The van der Waals surface area contributed by atoms with Crippen molar-refractivity contribution < 1.29 is 0 Å². The monoisotopic (exact) mass is 255 g/mol. The highest BCUT2D eigenvalue weighted by atomic mass is 16.2. The first-order valence-electron chi connectivity index (χ1n) is 5.78. The van der Waals surface area contributed by atoms with Crippen LogP contribution in [0.5, 0.6) is 0 Å². The van der Waals surface area contributed by atoms with Gasteiger partial charge in [-0.25, -0.2) is 4.79 Å². The van der Waals surface area contributed by atoms with Crippen LogP contribution in [0.15, 0.2) is 27.9 Å². The molecule has 5 heteroatoms. The van der Waals surface area contributed by atoms with Gasteiger partial charge in [-0.15, -0.1) is 0 Å². The molecule has 0 bridgehead atoms. The molecule has 0 aliphatic rings. The summed E-state index contributed by atoms with van der Waals surface area (Å²) in [6.45, 7) is 5.75. The molecule has 1 aromatic carbocycles. The van der Waals surface area contributed by atoms with Crippen molar-refractivity contribution in [2.24, 2.45) is 0 Å². The Morgan fingerprint density at radius 1 is 1.16 bits per heavy atom. The molecule has 0 atom stereocenters. The number of aromatic amines is 1. The molecule has 1 aromatic heterocycles. The van der Waals surface area contributed by atoms with Crippen LogP contribution in [0.2, 0.25) is 0 Å². The summed E-state index contributed by atoms with van der Waals surface area (Å²) in [4.78, 5) is 25.4. The Hall–Kier alpha value is -2.61. The lowest BCUT2D eigenvalue weighted by Gasteiger charge is -2.13. The fourth-order valence-corrected chi connectivity index (χ4v) is 2.27. The number of benzene rings is 1. The fourth-order valence-electron chi connectivity index (χ4n) is 2.27. The molecule has 0 amide bonds. The Morgan fingerprint density at radius 2 is 1.74 bits per heavy atom. The van der Waals surface area contributed by atoms with Gasteiger partial charge < -0.3 is 0 Å². The molecule has 5 nitrogen and oxygen atoms in total. The summed E-state index contributed by atoms with van der Waals surface area (Å²) in [5.41, 5.74) is 2.33. The molecule has 19 heavy (non-hydrogen) atoms. The quantitative estimate of drug-likeness (QED) is 0.834. The summed E-state index contributed by atoms with van der Waals surface area (Å²) < 4.78 is 1.31. The highest BCUT2D eigenvalue weighted by Gasteiger charge is 2.10. The molecular formula is C14H13N3O2. The van der Waals surface area contributed by atoms with Gasteiger partial charge in [-0.1, -0.05) is 17.7 Å². The van der Waals surface area contributed by atoms with Crippen molar-refractivity contribution in [2.45, 2.75) is 20.8 Å². The maximum atomic E-state index is 11.9. The van der Waals surface area contributed by atoms with Gasteiger partial charge in [0, 0.05) is 6.20 Å². The van der Waals surface area contributed by atoms with E-state index in [0.717, 1.165) is 16.7 Å². The summed E-state index contributed by atoms with van der Waals surface area (Å²) in [5, 5.41) is 8.88. The lowest BCUT2D eigenvalue weighted by molar-refractivity contribution is 0.875. The third kappa shape index (κ3) is 2.20. The number of hydrogen-bond acceptors (Lipinski definition) is 3. The van der Waals surface area contributed by atoms with Crippen molar-refractivity contribution >= 4 is 0 Å². The second-order valence-electron chi connectivity index (χ2n) is 4.53. The van der Waals surface area contributed by atoms with Crippen LogP contribution in [0.1, 0.15) is 22.3 Å². The van der Waals surface area contributed by atoms with Crippen molar-refractivity contribution in [3.63, 3.8) is 0 Å². The van der Waals surface area contributed by atoms with Gasteiger partial charge in [-0.3, -0.25) is 14.3 Å². The molecule has 2 aromatic rings. The molecule has 1 heterocycles. The zero-order valence-corrected chi connectivity index (χ0v) is 10.9. The maximum Gasteiger partial charge on any atom is 0.333 e. The number of nitrogens with one attached hydrogen (secondary N) is 1.